The zero-order chi connectivity index (χ0) is 15.1. The number of rotatable bonds is 7. The Hall–Kier alpha value is -2.17. The highest BCUT2D eigenvalue weighted by Crippen LogP contribution is 2.21. The van der Waals surface area contributed by atoms with E-state index in [2.05, 4.69) is 17.1 Å². The van der Waals surface area contributed by atoms with Crippen LogP contribution in [-0.4, -0.2) is 27.3 Å². The van der Waals surface area contributed by atoms with Crippen LogP contribution in [0.25, 0.3) is 0 Å². The summed E-state index contributed by atoms with van der Waals surface area (Å²) < 4.78 is 7.15. The van der Waals surface area contributed by atoms with Gasteiger partial charge in [0.15, 0.2) is 0 Å². The molecule has 1 heterocycles. The second-order valence-corrected chi connectivity index (χ2v) is 4.88. The molecular formula is C16H21N3O2. The molecule has 1 aromatic carbocycles. The van der Waals surface area contributed by atoms with Crippen molar-refractivity contribution < 1.29 is 9.53 Å². The lowest BCUT2D eigenvalue weighted by Gasteiger charge is -2.16. The summed E-state index contributed by atoms with van der Waals surface area (Å²) in [6.45, 7) is 5.06. The average Bonchev–Trinajstić information content (AvgIpc) is 2.94. The number of aromatic nitrogens is 3. The molecule has 1 atom stereocenters. The van der Waals surface area contributed by atoms with Crippen molar-refractivity contribution in [1.82, 2.24) is 14.8 Å². The van der Waals surface area contributed by atoms with E-state index in [-0.39, 0.29) is 5.97 Å². The van der Waals surface area contributed by atoms with Gasteiger partial charge in [-0.15, -0.1) is 10.2 Å². The highest BCUT2D eigenvalue weighted by atomic mass is 16.5. The number of ether oxygens (including phenoxy) is 1. The largest absolute Gasteiger partial charge is 0.465 e. The van der Waals surface area contributed by atoms with Gasteiger partial charge in [-0.2, -0.15) is 0 Å². The fraction of sp³-hybridized carbons (Fsp3) is 0.438. The van der Waals surface area contributed by atoms with E-state index in [9.17, 15) is 4.79 Å². The minimum atomic E-state index is -0.415. The van der Waals surface area contributed by atoms with Crippen LogP contribution >= 0.6 is 0 Å². The number of hydrogen-bond acceptors (Lipinski definition) is 4. The van der Waals surface area contributed by atoms with Crippen LogP contribution in [0, 0.1) is 0 Å². The summed E-state index contributed by atoms with van der Waals surface area (Å²) in [5.74, 6) is 0.0206. The van der Waals surface area contributed by atoms with Gasteiger partial charge in [0.2, 0.25) is 0 Å². The molecule has 0 spiro atoms. The Balaban J connectivity index is 2.27. The minimum absolute atomic E-state index is 0.244. The Kier molecular flexibility index (Phi) is 5.49. The Morgan fingerprint density at radius 3 is 2.71 bits per heavy atom. The maximum atomic E-state index is 12.3. The van der Waals surface area contributed by atoms with Crippen LogP contribution in [0.2, 0.25) is 0 Å². The normalized spacial score (nSPS) is 12.1. The topological polar surface area (TPSA) is 57.0 Å². The molecule has 0 aliphatic heterocycles. The molecule has 1 aromatic heterocycles. The molecule has 0 fully saturated rings. The molecule has 1 unspecified atom stereocenters. The predicted molar refractivity (Wildman–Crippen MR) is 79.8 cm³/mol. The lowest BCUT2D eigenvalue weighted by atomic mass is 9.98. The molecule has 0 N–H and O–H groups in total. The highest BCUT2D eigenvalue weighted by Gasteiger charge is 2.27. The average molecular weight is 287 g/mol. The molecule has 112 valence electrons. The minimum Gasteiger partial charge on any atom is -0.465 e. The number of hydrogen-bond donors (Lipinski definition) is 0. The lowest BCUT2D eigenvalue weighted by molar-refractivity contribution is -0.145. The molecule has 0 aliphatic carbocycles. The van der Waals surface area contributed by atoms with Gasteiger partial charge >= 0.3 is 5.97 Å². The van der Waals surface area contributed by atoms with Crippen molar-refractivity contribution in [1.29, 1.82) is 0 Å². The molecule has 0 radical (unpaired) electrons. The van der Waals surface area contributed by atoms with E-state index in [1.165, 1.54) is 0 Å². The summed E-state index contributed by atoms with van der Waals surface area (Å²) in [4.78, 5) is 12.3. The van der Waals surface area contributed by atoms with Crippen LogP contribution in [0.1, 0.15) is 37.6 Å². The number of benzene rings is 1. The molecule has 5 nitrogen and oxygen atoms in total. The van der Waals surface area contributed by atoms with E-state index >= 15 is 0 Å². The van der Waals surface area contributed by atoms with Crippen molar-refractivity contribution in [3.8, 4) is 0 Å². The fourth-order valence-corrected chi connectivity index (χ4v) is 2.32. The first-order valence-electron chi connectivity index (χ1n) is 7.34. The van der Waals surface area contributed by atoms with E-state index in [0.29, 0.717) is 18.9 Å². The SMILES string of the molecule is CCCn1cnnc1C(Cc1ccccc1)C(=O)OCC. The summed E-state index contributed by atoms with van der Waals surface area (Å²) in [6.07, 6.45) is 3.21. The fourth-order valence-electron chi connectivity index (χ4n) is 2.32. The lowest BCUT2D eigenvalue weighted by Crippen LogP contribution is -2.22. The first kappa shape index (κ1) is 15.2. The van der Waals surface area contributed by atoms with Crippen LogP contribution in [0.5, 0.6) is 0 Å². The van der Waals surface area contributed by atoms with Gasteiger partial charge in [-0.25, -0.2) is 0 Å². The Morgan fingerprint density at radius 1 is 1.29 bits per heavy atom. The van der Waals surface area contributed by atoms with E-state index in [4.69, 9.17) is 4.74 Å². The molecule has 5 heteroatoms. The van der Waals surface area contributed by atoms with Crippen LogP contribution < -0.4 is 0 Å². The van der Waals surface area contributed by atoms with Gasteiger partial charge in [0.05, 0.1) is 6.61 Å². The van der Waals surface area contributed by atoms with E-state index in [1.54, 1.807) is 6.33 Å². The van der Waals surface area contributed by atoms with Crippen molar-refractivity contribution in [2.45, 2.75) is 39.2 Å². The Bertz CT molecular complexity index is 566. The van der Waals surface area contributed by atoms with Crippen LogP contribution in [-0.2, 0) is 22.5 Å². The smallest absolute Gasteiger partial charge is 0.317 e. The summed E-state index contributed by atoms with van der Waals surface area (Å²) in [7, 11) is 0. The third-order valence-electron chi connectivity index (χ3n) is 3.28. The van der Waals surface area contributed by atoms with Crippen LogP contribution in [0.4, 0.5) is 0 Å². The van der Waals surface area contributed by atoms with Gasteiger partial charge in [0.25, 0.3) is 0 Å². The maximum absolute atomic E-state index is 12.3. The zero-order valence-corrected chi connectivity index (χ0v) is 12.5. The first-order chi connectivity index (χ1) is 10.3. The molecule has 21 heavy (non-hydrogen) atoms. The number of carbonyl (C=O) groups excluding carboxylic acids is 1. The predicted octanol–water partition coefficient (Wildman–Crippen LogP) is 2.58. The number of carbonyl (C=O) groups is 1. The summed E-state index contributed by atoms with van der Waals surface area (Å²) >= 11 is 0. The van der Waals surface area contributed by atoms with Gasteiger partial charge < -0.3 is 9.30 Å². The van der Waals surface area contributed by atoms with Gasteiger partial charge in [-0.3, -0.25) is 4.79 Å². The van der Waals surface area contributed by atoms with Crippen LogP contribution in [0.3, 0.4) is 0 Å². The number of nitrogens with zero attached hydrogens (tertiary/aromatic N) is 3. The van der Waals surface area contributed by atoms with Crippen molar-refractivity contribution in [2.75, 3.05) is 6.61 Å². The molecule has 2 rings (SSSR count). The van der Waals surface area contributed by atoms with Gasteiger partial charge in [0.1, 0.15) is 18.1 Å². The molecule has 0 saturated heterocycles. The monoisotopic (exact) mass is 287 g/mol. The standard InChI is InChI=1S/C16H21N3O2/c1-3-10-19-12-17-18-15(19)14(16(20)21-4-2)11-13-8-6-5-7-9-13/h5-9,12,14H,3-4,10-11H2,1-2H3. The molecule has 2 aromatic rings. The van der Waals surface area contributed by atoms with Crippen molar-refractivity contribution >= 4 is 5.97 Å². The van der Waals surface area contributed by atoms with Gasteiger partial charge in [-0.1, -0.05) is 37.3 Å². The number of esters is 1. The van der Waals surface area contributed by atoms with Crippen molar-refractivity contribution in [2.24, 2.45) is 0 Å². The Labute approximate surface area is 125 Å². The summed E-state index contributed by atoms with van der Waals surface area (Å²) in [5, 5.41) is 8.10. The maximum Gasteiger partial charge on any atom is 0.317 e. The number of aryl methyl sites for hydroxylation is 1. The van der Waals surface area contributed by atoms with Gasteiger partial charge in [-0.05, 0) is 25.3 Å². The first-order valence-corrected chi connectivity index (χ1v) is 7.34. The van der Waals surface area contributed by atoms with E-state index < -0.39 is 5.92 Å². The molecule has 0 amide bonds. The molecular weight excluding hydrogens is 266 g/mol. The third kappa shape index (κ3) is 3.90. The van der Waals surface area contributed by atoms with Crippen molar-refractivity contribution in [3.63, 3.8) is 0 Å². The van der Waals surface area contributed by atoms with E-state index in [1.807, 2.05) is 41.8 Å². The van der Waals surface area contributed by atoms with Crippen LogP contribution in [0.15, 0.2) is 36.7 Å². The quantitative estimate of drug-likeness (QED) is 0.734. The van der Waals surface area contributed by atoms with Gasteiger partial charge in [0, 0.05) is 6.54 Å². The van der Waals surface area contributed by atoms with Crippen molar-refractivity contribution in [3.05, 3.63) is 48.0 Å². The second kappa shape index (κ2) is 7.57. The second-order valence-electron chi connectivity index (χ2n) is 4.88. The highest BCUT2D eigenvalue weighted by molar-refractivity contribution is 5.77. The molecule has 0 aliphatic rings. The Morgan fingerprint density at radius 2 is 2.05 bits per heavy atom. The third-order valence-corrected chi connectivity index (χ3v) is 3.28. The zero-order valence-electron chi connectivity index (χ0n) is 12.5. The molecule has 0 saturated carbocycles. The summed E-state index contributed by atoms with van der Waals surface area (Å²) in [6, 6.07) is 9.91. The van der Waals surface area contributed by atoms with E-state index in [0.717, 1.165) is 18.5 Å². The molecule has 0 bridgehead atoms. The summed E-state index contributed by atoms with van der Waals surface area (Å²) in [5.41, 5.74) is 1.08.